The third kappa shape index (κ3) is 6.02. The molecule has 3 rings (SSSR count). The lowest BCUT2D eigenvalue weighted by atomic mass is 9.74. The van der Waals surface area contributed by atoms with E-state index in [1.165, 1.54) is 30.4 Å². The molecule has 0 aliphatic carbocycles. The first-order valence-corrected chi connectivity index (χ1v) is 10.6. The fourth-order valence-corrected chi connectivity index (χ4v) is 4.16. The Morgan fingerprint density at radius 1 is 0.964 bits per heavy atom. The van der Waals surface area contributed by atoms with Crippen LogP contribution >= 0.6 is 0 Å². The minimum absolute atomic E-state index is 0.302. The van der Waals surface area contributed by atoms with Crippen LogP contribution in [0.2, 0.25) is 0 Å². The van der Waals surface area contributed by atoms with E-state index in [9.17, 15) is 4.79 Å². The summed E-state index contributed by atoms with van der Waals surface area (Å²) in [4.78, 5) is 13.2. The Morgan fingerprint density at radius 2 is 1.64 bits per heavy atom. The van der Waals surface area contributed by atoms with Crippen molar-refractivity contribution in [2.75, 3.05) is 26.3 Å². The first kappa shape index (κ1) is 20.8. The lowest BCUT2D eigenvalue weighted by molar-refractivity contribution is -0.107. The van der Waals surface area contributed by atoms with Crippen LogP contribution in [0.3, 0.4) is 0 Å². The number of likely N-dealkylation sites (tertiary alicyclic amines) is 1. The second-order valence-corrected chi connectivity index (χ2v) is 8.09. The number of carbonyl (C=O) groups excluding carboxylic acids is 1. The van der Waals surface area contributed by atoms with Gasteiger partial charge in [0.25, 0.3) is 0 Å². The van der Waals surface area contributed by atoms with Crippen LogP contribution in [-0.2, 0) is 28.9 Å². The van der Waals surface area contributed by atoms with Gasteiger partial charge in [0, 0.05) is 19.6 Å². The number of piperidine rings is 1. The van der Waals surface area contributed by atoms with Gasteiger partial charge in [-0.3, -0.25) is 4.90 Å². The summed E-state index contributed by atoms with van der Waals surface area (Å²) in [5.74, 6) is 0. The van der Waals surface area contributed by atoms with E-state index in [1.54, 1.807) is 0 Å². The van der Waals surface area contributed by atoms with Crippen LogP contribution in [-0.4, -0.2) is 37.5 Å². The predicted octanol–water partition coefficient (Wildman–Crippen LogP) is 4.68. The van der Waals surface area contributed by atoms with E-state index in [4.69, 9.17) is 4.74 Å². The molecule has 0 saturated carbocycles. The molecule has 3 nitrogen and oxygen atoms in total. The number of carbonyl (C=O) groups is 1. The molecule has 1 saturated heterocycles. The van der Waals surface area contributed by atoms with Crippen molar-refractivity contribution in [3.63, 3.8) is 0 Å². The average molecular weight is 380 g/mol. The van der Waals surface area contributed by atoms with Gasteiger partial charge in [0.05, 0.1) is 6.61 Å². The van der Waals surface area contributed by atoms with Gasteiger partial charge in [-0.25, -0.2) is 0 Å². The maximum Gasteiger partial charge on any atom is 0.124 e. The fraction of sp³-hybridized carbons (Fsp3) is 0.480. The van der Waals surface area contributed by atoms with Gasteiger partial charge in [0.15, 0.2) is 0 Å². The Bertz CT molecular complexity index is 703. The van der Waals surface area contributed by atoms with Crippen molar-refractivity contribution < 1.29 is 9.53 Å². The molecule has 0 unspecified atom stereocenters. The highest BCUT2D eigenvalue weighted by molar-refractivity contribution is 5.54. The maximum absolute atomic E-state index is 10.6. The summed E-state index contributed by atoms with van der Waals surface area (Å²) in [6.45, 7) is 7.00. The minimum Gasteiger partial charge on any atom is -0.381 e. The zero-order chi connectivity index (χ0) is 19.7. The number of aryl methyl sites for hydroxylation is 1. The van der Waals surface area contributed by atoms with Crippen LogP contribution in [0.1, 0.15) is 42.9 Å². The quantitative estimate of drug-likeness (QED) is 0.562. The summed E-state index contributed by atoms with van der Waals surface area (Å²) in [6, 6.07) is 19.3. The van der Waals surface area contributed by atoms with E-state index in [0.717, 1.165) is 51.1 Å². The molecule has 0 atom stereocenters. The Morgan fingerprint density at radius 3 is 2.29 bits per heavy atom. The van der Waals surface area contributed by atoms with Crippen LogP contribution in [0.15, 0.2) is 54.6 Å². The smallest absolute Gasteiger partial charge is 0.124 e. The largest absolute Gasteiger partial charge is 0.381 e. The second-order valence-electron chi connectivity index (χ2n) is 8.09. The zero-order valence-electron chi connectivity index (χ0n) is 17.1. The number of hydrogen-bond acceptors (Lipinski definition) is 3. The van der Waals surface area contributed by atoms with E-state index in [0.29, 0.717) is 11.8 Å². The standard InChI is InChI=1S/C25H33NO2/c1-2-28-21-25(14-12-22-6-4-3-5-7-22)15-17-26(18-16-25)20-24-10-8-23(9-11-24)13-19-27/h3-11,19H,2,12-18,20-21H2,1H3. The Hall–Kier alpha value is -1.97. The highest BCUT2D eigenvalue weighted by atomic mass is 16.5. The van der Waals surface area contributed by atoms with E-state index in [1.807, 2.05) is 0 Å². The number of benzene rings is 2. The van der Waals surface area contributed by atoms with Gasteiger partial charge in [0.2, 0.25) is 0 Å². The molecule has 1 aliphatic rings. The normalized spacial score (nSPS) is 16.8. The summed E-state index contributed by atoms with van der Waals surface area (Å²) < 4.78 is 5.91. The van der Waals surface area contributed by atoms with Crippen molar-refractivity contribution in [1.29, 1.82) is 0 Å². The topological polar surface area (TPSA) is 29.5 Å². The minimum atomic E-state index is 0.302. The van der Waals surface area contributed by atoms with E-state index < -0.39 is 0 Å². The molecule has 2 aromatic carbocycles. The predicted molar refractivity (Wildman–Crippen MR) is 114 cm³/mol. The van der Waals surface area contributed by atoms with Gasteiger partial charge in [-0.05, 0) is 67.8 Å². The fourth-order valence-electron chi connectivity index (χ4n) is 4.16. The Kier molecular flexibility index (Phi) is 7.81. The van der Waals surface area contributed by atoms with Crippen LogP contribution in [0.4, 0.5) is 0 Å². The average Bonchev–Trinajstić information content (AvgIpc) is 2.75. The van der Waals surface area contributed by atoms with Gasteiger partial charge in [0.1, 0.15) is 6.29 Å². The van der Waals surface area contributed by atoms with Crippen LogP contribution < -0.4 is 0 Å². The van der Waals surface area contributed by atoms with Crippen LogP contribution in [0.25, 0.3) is 0 Å². The van der Waals surface area contributed by atoms with Gasteiger partial charge in [-0.1, -0.05) is 54.6 Å². The summed E-state index contributed by atoms with van der Waals surface area (Å²) in [6.07, 6.45) is 6.20. The van der Waals surface area contributed by atoms with Gasteiger partial charge in [-0.2, -0.15) is 0 Å². The second kappa shape index (κ2) is 10.5. The lowest BCUT2D eigenvalue weighted by Gasteiger charge is -2.42. The number of hydrogen-bond donors (Lipinski definition) is 0. The van der Waals surface area contributed by atoms with Crippen molar-refractivity contribution in [2.24, 2.45) is 5.41 Å². The zero-order valence-corrected chi connectivity index (χ0v) is 17.1. The van der Waals surface area contributed by atoms with Gasteiger partial charge < -0.3 is 9.53 Å². The molecule has 1 heterocycles. The molecule has 1 aliphatic heterocycles. The van der Waals surface area contributed by atoms with Crippen LogP contribution in [0.5, 0.6) is 0 Å². The SMILES string of the molecule is CCOCC1(CCc2ccccc2)CCN(Cc2ccc(CC=O)cc2)CC1. The third-order valence-corrected chi connectivity index (χ3v) is 6.06. The summed E-state index contributed by atoms with van der Waals surface area (Å²) in [7, 11) is 0. The van der Waals surface area contributed by atoms with Crippen molar-refractivity contribution in [1.82, 2.24) is 4.90 Å². The summed E-state index contributed by atoms with van der Waals surface area (Å²) in [5.41, 5.74) is 4.15. The van der Waals surface area contributed by atoms with Gasteiger partial charge >= 0.3 is 0 Å². The maximum atomic E-state index is 10.6. The molecule has 28 heavy (non-hydrogen) atoms. The molecular formula is C25H33NO2. The van der Waals surface area contributed by atoms with Crippen molar-refractivity contribution in [3.8, 4) is 0 Å². The molecule has 1 fully saturated rings. The number of ether oxygens (including phenoxy) is 1. The first-order chi connectivity index (χ1) is 13.7. The van der Waals surface area contributed by atoms with E-state index in [2.05, 4.69) is 66.4 Å². The van der Waals surface area contributed by atoms with E-state index >= 15 is 0 Å². The Labute approximate surface area is 169 Å². The molecule has 2 aromatic rings. The van der Waals surface area contributed by atoms with Crippen molar-refractivity contribution >= 4 is 6.29 Å². The summed E-state index contributed by atoms with van der Waals surface area (Å²) in [5, 5.41) is 0. The first-order valence-electron chi connectivity index (χ1n) is 10.6. The number of nitrogens with zero attached hydrogens (tertiary/aromatic N) is 1. The molecule has 0 N–H and O–H groups in total. The van der Waals surface area contributed by atoms with Crippen molar-refractivity contribution in [2.45, 2.75) is 45.6 Å². The molecule has 0 amide bonds. The molecule has 0 spiro atoms. The van der Waals surface area contributed by atoms with Gasteiger partial charge in [-0.15, -0.1) is 0 Å². The highest BCUT2D eigenvalue weighted by Gasteiger charge is 2.34. The lowest BCUT2D eigenvalue weighted by Crippen LogP contribution is -2.42. The molecular weight excluding hydrogens is 346 g/mol. The molecule has 0 radical (unpaired) electrons. The van der Waals surface area contributed by atoms with Crippen molar-refractivity contribution in [3.05, 3.63) is 71.3 Å². The number of rotatable bonds is 10. The summed E-state index contributed by atoms with van der Waals surface area (Å²) >= 11 is 0. The van der Waals surface area contributed by atoms with Crippen LogP contribution in [0, 0.1) is 5.41 Å². The molecule has 3 heteroatoms. The molecule has 0 bridgehead atoms. The number of aldehydes is 1. The Balaban J connectivity index is 1.54. The molecule has 0 aromatic heterocycles. The van der Waals surface area contributed by atoms with E-state index in [-0.39, 0.29) is 0 Å². The monoisotopic (exact) mass is 379 g/mol. The molecule has 150 valence electrons. The third-order valence-electron chi connectivity index (χ3n) is 6.06. The highest BCUT2D eigenvalue weighted by Crippen LogP contribution is 2.37.